The van der Waals surface area contributed by atoms with Gasteiger partial charge < -0.3 is 37.0 Å². The predicted molar refractivity (Wildman–Crippen MR) is 137 cm³/mol. The van der Waals surface area contributed by atoms with Crippen molar-refractivity contribution in [1.82, 2.24) is 16.0 Å². The predicted octanol–water partition coefficient (Wildman–Crippen LogP) is -0.651. The molecule has 36 heavy (non-hydrogen) atoms. The molecule has 1 rings (SSSR count). The quantitative estimate of drug-likeness (QED) is 0.123. The Labute approximate surface area is 218 Å². The van der Waals surface area contributed by atoms with Crippen molar-refractivity contribution in [2.24, 2.45) is 5.73 Å². The van der Waals surface area contributed by atoms with Gasteiger partial charge >= 0.3 is 11.9 Å². The molecule has 8 N–H and O–H groups in total. The number of phenols is 1. The Bertz CT molecular complexity index is 916. The molecule has 12 nitrogen and oxygen atoms in total. The number of amides is 3. The fourth-order valence-corrected chi connectivity index (χ4v) is 3.65. The summed E-state index contributed by atoms with van der Waals surface area (Å²) in [6.45, 7) is 0. The van der Waals surface area contributed by atoms with E-state index in [2.05, 4.69) is 28.6 Å². The number of benzene rings is 1. The molecule has 14 heteroatoms. The van der Waals surface area contributed by atoms with Crippen molar-refractivity contribution in [3.05, 3.63) is 29.8 Å². The van der Waals surface area contributed by atoms with Crippen LogP contribution >= 0.6 is 24.4 Å². The summed E-state index contributed by atoms with van der Waals surface area (Å²) in [4.78, 5) is 60.9. The number of carboxylic acids is 2. The van der Waals surface area contributed by atoms with Gasteiger partial charge in [0.2, 0.25) is 17.7 Å². The van der Waals surface area contributed by atoms with Crippen LogP contribution in [0.5, 0.6) is 5.75 Å². The highest BCUT2D eigenvalue weighted by molar-refractivity contribution is 7.98. The summed E-state index contributed by atoms with van der Waals surface area (Å²) < 4.78 is 0. The molecule has 0 saturated heterocycles. The lowest BCUT2D eigenvalue weighted by atomic mass is 10.0. The second kappa shape index (κ2) is 15.9. The average molecular weight is 545 g/mol. The zero-order valence-corrected chi connectivity index (χ0v) is 21.4. The topological polar surface area (TPSA) is 208 Å². The standard InChI is InChI=1S/C22H32N4O8S2/c1-36-9-8-16(22(33)34)25-20(31)15(6-7-18(28)29)24-21(32)17(26-19(30)14(23)11-35)10-12-2-4-13(27)5-3-12/h2-5,14-17,27,35H,6-11,23H2,1H3,(H,24,32)(H,25,31)(H,26,30)(H,28,29)(H,33,34). The normalized spacial score (nSPS) is 14.1. The Morgan fingerprint density at radius 3 is 2.00 bits per heavy atom. The van der Waals surface area contributed by atoms with Gasteiger partial charge in [-0.3, -0.25) is 19.2 Å². The summed E-state index contributed by atoms with van der Waals surface area (Å²) in [5.41, 5.74) is 6.26. The number of carbonyl (C=O) groups excluding carboxylic acids is 3. The number of thiol groups is 1. The number of aliphatic carboxylic acids is 2. The van der Waals surface area contributed by atoms with Crippen molar-refractivity contribution < 1.29 is 39.3 Å². The average Bonchev–Trinajstić information content (AvgIpc) is 2.83. The lowest BCUT2D eigenvalue weighted by molar-refractivity contribution is -0.143. The van der Waals surface area contributed by atoms with E-state index in [1.54, 1.807) is 6.26 Å². The SMILES string of the molecule is CSCCC(NC(=O)C(CCC(=O)O)NC(=O)C(Cc1ccc(O)cc1)NC(=O)C(N)CS)C(=O)O. The van der Waals surface area contributed by atoms with Crippen LogP contribution in [0.25, 0.3) is 0 Å². The summed E-state index contributed by atoms with van der Waals surface area (Å²) in [7, 11) is 0. The molecule has 4 unspecified atom stereocenters. The lowest BCUT2D eigenvalue weighted by Crippen LogP contribution is -2.57. The largest absolute Gasteiger partial charge is 0.508 e. The van der Waals surface area contributed by atoms with Crippen LogP contribution in [-0.2, 0) is 30.4 Å². The van der Waals surface area contributed by atoms with Crippen LogP contribution in [0, 0.1) is 0 Å². The van der Waals surface area contributed by atoms with Crippen LogP contribution in [0.1, 0.15) is 24.8 Å². The van der Waals surface area contributed by atoms with Gasteiger partial charge in [0.1, 0.15) is 23.9 Å². The Hall–Kier alpha value is -2.97. The molecule has 1 aromatic carbocycles. The van der Waals surface area contributed by atoms with Gasteiger partial charge in [-0.2, -0.15) is 24.4 Å². The number of aromatic hydroxyl groups is 1. The van der Waals surface area contributed by atoms with E-state index in [4.69, 9.17) is 10.8 Å². The first-order valence-corrected chi connectivity index (χ1v) is 13.0. The van der Waals surface area contributed by atoms with E-state index in [1.807, 2.05) is 0 Å². The maximum atomic E-state index is 13.1. The second-order valence-corrected chi connectivity index (χ2v) is 9.25. The monoisotopic (exact) mass is 544 g/mol. The first-order chi connectivity index (χ1) is 17.0. The van der Waals surface area contributed by atoms with Crippen LogP contribution in [-0.4, -0.2) is 86.9 Å². The molecule has 200 valence electrons. The molecule has 3 amide bonds. The fraction of sp³-hybridized carbons (Fsp3) is 0.500. The van der Waals surface area contributed by atoms with Crippen LogP contribution in [0.3, 0.4) is 0 Å². The highest BCUT2D eigenvalue weighted by Gasteiger charge is 2.30. The Kier molecular flexibility index (Phi) is 13.7. The van der Waals surface area contributed by atoms with Crippen molar-refractivity contribution in [3.63, 3.8) is 0 Å². The maximum absolute atomic E-state index is 13.1. The molecule has 0 aliphatic carbocycles. The van der Waals surface area contributed by atoms with E-state index >= 15 is 0 Å². The van der Waals surface area contributed by atoms with Crippen molar-refractivity contribution in [2.75, 3.05) is 17.8 Å². The number of nitrogens with one attached hydrogen (secondary N) is 3. The molecule has 0 saturated carbocycles. The van der Waals surface area contributed by atoms with E-state index in [1.165, 1.54) is 36.0 Å². The number of hydrogen-bond acceptors (Lipinski definition) is 9. The van der Waals surface area contributed by atoms with Gasteiger partial charge in [-0.05, 0) is 42.5 Å². The summed E-state index contributed by atoms with van der Waals surface area (Å²) in [5, 5.41) is 35.2. The molecule has 0 bridgehead atoms. The number of hydrogen-bond donors (Lipinski definition) is 8. The van der Waals surface area contributed by atoms with Crippen molar-refractivity contribution >= 4 is 54.1 Å². The number of nitrogens with two attached hydrogens (primary N) is 1. The van der Waals surface area contributed by atoms with Crippen LogP contribution < -0.4 is 21.7 Å². The molecule has 4 atom stereocenters. The van der Waals surface area contributed by atoms with Crippen molar-refractivity contribution in [2.45, 2.75) is 49.9 Å². The molecule has 0 heterocycles. The highest BCUT2D eigenvalue weighted by Crippen LogP contribution is 2.12. The smallest absolute Gasteiger partial charge is 0.326 e. The van der Waals surface area contributed by atoms with Gasteiger partial charge in [-0.15, -0.1) is 0 Å². The number of carboxylic acid groups (broad SMARTS) is 2. The first kappa shape index (κ1) is 31.1. The third kappa shape index (κ3) is 11.2. The molecule has 1 aromatic rings. The molecule has 0 spiro atoms. The number of thioether (sulfide) groups is 1. The molecule has 0 aliphatic rings. The van der Waals surface area contributed by atoms with Crippen molar-refractivity contribution in [3.8, 4) is 5.75 Å². The van der Waals surface area contributed by atoms with Crippen LogP contribution in [0.2, 0.25) is 0 Å². The van der Waals surface area contributed by atoms with Gasteiger partial charge in [0.05, 0.1) is 6.04 Å². The van der Waals surface area contributed by atoms with Gasteiger partial charge in [0.15, 0.2) is 0 Å². The zero-order chi connectivity index (χ0) is 27.3. The minimum Gasteiger partial charge on any atom is -0.508 e. The van der Waals surface area contributed by atoms with E-state index in [0.29, 0.717) is 11.3 Å². The third-order valence-electron chi connectivity index (χ3n) is 5.05. The Balaban J connectivity index is 3.11. The van der Waals surface area contributed by atoms with Gasteiger partial charge in [0.25, 0.3) is 0 Å². The summed E-state index contributed by atoms with van der Waals surface area (Å²) in [5.74, 6) is -4.35. The highest BCUT2D eigenvalue weighted by atomic mass is 32.2. The Morgan fingerprint density at radius 1 is 0.917 bits per heavy atom. The van der Waals surface area contributed by atoms with Gasteiger partial charge in [-0.25, -0.2) is 4.79 Å². The second-order valence-electron chi connectivity index (χ2n) is 7.90. The van der Waals surface area contributed by atoms with E-state index < -0.39 is 60.2 Å². The summed E-state index contributed by atoms with van der Waals surface area (Å²) >= 11 is 5.36. The van der Waals surface area contributed by atoms with E-state index in [-0.39, 0.29) is 30.8 Å². The van der Waals surface area contributed by atoms with Crippen molar-refractivity contribution in [1.29, 1.82) is 0 Å². The summed E-state index contributed by atoms with van der Waals surface area (Å²) in [6, 6.07) is 1.06. The summed E-state index contributed by atoms with van der Waals surface area (Å²) in [6.07, 6.45) is 1.09. The molecule has 0 aliphatic heterocycles. The fourth-order valence-electron chi connectivity index (χ4n) is 3.01. The van der Waals surface area contributed by atoms with Crippen LogP contribution in [0.15, 0.2) is 24.3 Å². The van der Waals surface area contributed by atoms with Gasteiger partial charge in [-0.1, -0.05) is 12.1 Å². The Morgan fingerprint density at radius 2 is 1.47 bits per heavy atom. The third-order valence-corrected chi connectivity index (χ3v) is 6.09. The molecular formula is C22H32N4O8S2. The van der Waals surface area contributed by atoms with Gasteiger partial charge in [0, 0.05) is 18.6 Å². The van der Waals surface area contributed by atoms with E-state index in [0.717, 1.165) is 0 Å². The molecular weight excluding hydrogens is 512 g/mol. The molecule has 0 radical (unpaired) electrons. The zero-order valence-electron chi connectivity index (χ0n) is 19.7. The number of phenolic OH excluding ortho intramolecular Hbond substituents is 1. The maximum Gasteiger partial charge on any atom is 0.326 e. The molecule has 0 fully saturated rings. The minimum absolute atomic E-state index is 0.000691. The van der Waals surface area contributed by atoms with E-state index in [9.17, 15) is 34.2 Å². The first-order valence-electron chi connectivity index (χ1n) is 11.0. The lowest BCUT2D eigenvalue weighted by Gasteiger charge is -2.25. The minimum atomic E-state index is -1.37. The number of carbonyl (C=O) groups is 5. The van der Waals surface area contributed by atoms with Crippen LogP contribution in [0.4, 0.5) is 0 Å². The molecule has 0 aromatic heterocycles. The number of rotatable bonds is 16.